The maximum Gasteiger partial charge on any atom is 0.435 e. The number of carbonyl (C=O) groups is 1. The summed E-state index contributed by atoms with van der Waals surface area (Å²) in [5, 5.41) is 25.9. The number of aromatic nitrogens is 2. The molecule has 146 valence electrons. The van der Waals surface area contributed by atoms with Gasteiger partial charge in [0.25, 0.3) is 5.69 Å². The summed E-state index contributed by atoms with van der Waals surface area (Å²) in [4.78, 5) is 22.7. The zero-order valence-corrected chi connectivity index (χ0v) is 14.5. The molecule has 28 heavy (non-hydrogen) atoms. The number of halogens is 3. The maximum atomic E-state index is 13.0. The number of carbonyl (C=O) groups excluding carboxylic acids is 1. The summed E-state index contributed by atoms with van der Waals surface area (Å²) in [6, 6.07) is 4.95. The van der Waals surface area contributed by atoms with Gasteiger partial charge in [0, 0.05) is 23.7 Å². The van der Waals surface area contributed by atoms with Crippen LogP contribution in [0.4, 0.5) is 24.5 Å². The van der Waals surface area contributed by atoms with E-state index in [4.69, 9.17) is 5.26 Å². The van der Waals surface area contributed by atoms with Gasteiger partial charge in [0.05, 0.1) is 16.2 Å². The Labute approximate surface area is 156 Å². The summed E-state index contributed by atoms with van der Waals surface area (Å²) in [5.41, 5.74) is -1.16. The number of benzene rings is 1. The second kappa shape index (κ2) is 6.95. The SMILES string of the molecule is CC(C(=O)Nc1ccc([N+](=O)[O-])cc1C#N)n1nc(C(F)(F)F)cc1C1CC1. The van der Waals surface area contributed by atoms with Crippen LogP contribution in [0.5, 0.6) is 0 Å². The highest BCUT2D eigenvalue weighted by atomic mass is 19.4. The van der Waals surface area contributed by atoms with Gasteiger partial charge in [0.15, 0.2) is 5.69 Å². The molecule has 1 fully saturated rings. The number of alkyl halides is 3. The van der Waals surface area contributed by atoms with Crippen molar-refractivity contribution in [1.82, 2.24) is 9.78 Å². The van der Waals surface area contributed by atoms with E-state index in [1.807, 2.05) is 0 Å². The van der Waals surface area contributed by atoms with E-state index in [9.17, 15) is 28.1 Å². The average molecular weight is 393 g/mol. The first-order chi connectivity index (χ1) is 13.1. The molecule has 1 aromatic carbocycles. The van der Waals surface area contributed by atoms with Gasteiger partial charge in [0.2, 0.25) is 5.91 Å². The smallest absolute Gasteiger partial charge is 0.323 e. The van der Waals surface area contributed by atoms with E-state index >= 15 is 0 Å². The Morgan fingerprint density at radius 2 is 2.11 bits per heavy atom. The number of hydrogen-bond acceptors (Lipinski definition) is 5. The zero-order chi connectivity index (χ0) is 20.6. The molecule has 1 aliphatic carbocycles. The first kappa shape index (κ1) is 19.3. The molecule has 1 aromatic heterocycles. The summed E-state index contributed by atoms with van der Waals surface area (Å²) in [6.45, 7) is 1.39. The third kappa shape index (κ3) is 3.80. The van der Waals surface area contributed by atoms with Crippen molar-refractivity contribution in [2.45, 2.75) is 37.9 Å². The number of nitro groups is 1. The molecule has 0 aliphatic heterocycles. The predicted molar refractivity (Wildman–Crippen MR) is 90.4 cm³/mol. The van der Waals surface area contributed by atoms with Crippen LogP contribution in [0.25, 0.3) is 0 Å². The molecule has 2 aromatic rings. The van der Waals surface area contributed by atoms with Crippen LogP contribution in [-0.4, -0.2) is 20.6 Å². The number of hydrogen-bond donors (Lipinski definition) is 1. The Bertz CT molecular complexity index is 989. The number of nitro benzene ring substituents is 1. The van der Waals surface area contributed by atoms with Crippen LogP contribution in [0.3, 0.4) is 0 Å². The van der Waals surface area contributed by atoms with E-state index < -0.39 is 28.7 Å². The van der Waals surface area contributed by atoms with Gasteiger partial charge in [-0.2, -0.15) is 23.5 Å². The normalized spacial score (nSPS) is 15.0. The van der Waals surface area contributed by atoms with Gasteiger partial charge in [-0.3, -0.25) is 19.6 Å². The van der Waals surface area contributed by atoms with Crippen molar-refractivity contribution >= 4 is 17.3 Å². The molecule has 3 rings (SSSR count). The minimum absolute atomic E-state index is 0.0288. The number of rotatable bonds is 5. The number of anilines is 1. The summed E-state index contributed by atoms with van der Waals surface area (Å²) in [7, 11) is 0. The average Bonchev–Trinajstić information content (AvgIpc) is 3.37. The predicted octanol–water partition coefficient (Wildman–Crippen LogP) is 3.76. The molecule has 0 radical (unpaired) electrons. The molecule has 0 spiro atoms. The molecule has 11 heteroatoms. The van der Waals surface area contributed by atoms with Crippen molar-refractivity contribution in [3.8, 4) is 6.07 Å². The fourth-order valence-corrected chi connectivity index (χ4v) is 2.74. The van der Waals surface area contributed by atoms with E-state index in [0.29, 0.717) is 5.69 Å². The Kier molecular flexibility index (Phi) is 4.80. The number of amides is 1. The highest BCUT2D eigenvalue weighted by Gasteiger charge is 2.39. The summed E-state index contributed by atoms with van der Waals surface area (Å²) >= 11 is 0. The molecule has 1 atom stereocenters. The Morgan fingerprint density at radius 1 is 1.43 bits per heavy atom. The number of nitrogens with one attached hydrogen (secondary N) is 1. The highest BCUT2D eigenvalue weighted by molar-refractivity contribution is 5.94. The lowest BCUT2D eigenvalue weighted by molar-refractivity contribution is -0.384. The first-order valence-corrected chi connectivity index (χ1v) is 8.28. The third-order valence-electron chi connectivity index (χ3n) is 4.39. The highest BCUT2D eigenvalue weighted by Crippen LogP contribution is 2.43. The van der Waals surface area contributed by atoms with Crippen LogP contribution in [0, 0.1) is 21.4 Å². The third-order valence-corrected chi connectivity index (χ3v) is 4.39. The molecule has 1 unspecified atom stereocenters. The van der Waals surface area contributed by atoms with E-state index in [0.717, 1.165) is 35.7 Å². The van der Waals surface area contributed by atoms with Gasteiger partial charge >= 0.3 is 6.18 Å². The maximum absolute atomic E-state index is 13.0. The van der Waals surface area contributed by atoms with Gasteiger partial charge in [-0.1, -0.05) is 0 Å². The first-order valence-electron chi connectivity index (χ1n) is 8.28. The van der Waals surface area contributed by atoms with E-state index in [1.165, 1.54) is 13.0 Å². The Morgan fingerprint density at radius 3 is 2.64 bits per heavy atom. The number of nitrogens with zero attached hydrogens (tertiary/aromatic N) is 4. The molecule has 0 saturated heterocycles. The molecule has 1 heterocycles. The minimum Gasteiger partial charge on any atom is -0.323 e. The van der Waals surface area contributed by atoms with Crippen LogP contribution in [0.1, 0.15) is 48.7 Å². The number of non-ortho nitro benzene ring substituents is 1. The summed E-state index contributed by atoms with van der Waals surface area (Å²) in [6.07, 6.45) is -3.19. The van der Waals surface area contributed by atoms with Crippen molar-refractivity contribution < 1.29 is 22.9 Å². The van der Waals surface area contributed by atoms with Crippen molar-refractivity contribution in [3.63, 3.8) is 0 Å². The Hall–Kier alpha value is -3.42. The van der Waals surface area contributed by atoms with Gasteiger partial charge in [0.1, 0.15) is 12.1 Å². The fraction of sp³-hybridized carbons (Fsp3) is 0.353. The van der Waals surface area contributed by atoms with Crippen molar-refractivity contribution in [2.75, 3.05) is 5.32 Å². The van der Waals surface area contributed by atoms with E-state index in [2.05, 4.69) is 10.4 Å². The largest absolute Gasteiger partial charge is 0.435 e. The van der Waals surface area contributed by atoms with Gasteiger partial charge in [-0.25, -0.2) is 0 Å². The van der Waals surface area contributed by atoms with Gasteiger partial charge in [-0.05, 0) is 31.9 Å². The molecule has 1 N–H and O–H groups in total. The van der Waals surface area contributed by atoms with E-state index in [-0.39, 0.29) is 22.9 Å². The molecule has 1 amide bonds. The second-order valence-corrected chi connectivity index (χ2v) is 6.44. The number of nitriles is 1. The molecule has 1 aliphatic rings. The quantitative estimate of drug-likeness (QED) is 0.614. The molecule has 0 bridgehead atoms. The van der Waals surface area contributed by atoms with Gasteiger partial charge in [-0.15, -0.1) is 0 Å². The van der Waals surface area contributed by atoms with Crippen LogP contribution >= 0.6 is 0 Å². The molecular weight excluding hydrogens is 379 g/mol. The van der Waals surface area contributed by atoms with Crippen LogP contribution in [-0.2, 0) is 11.0 Å². The van der Waals surface area contributed by atoms with Crippen molar-refractivity contribution in [3.05, 3.63) is 51.3 Å². The van der Waals surface area contributed by atoms with Gasteiger partial charge < -0.3 is 5.32 Å². The lowest BCUT2D eigenvalue weighted by Crippen LogP contribution is -2.26. The standard InChI is InChI=1S/C17H14F3N5O3/c1-9(24-14(10-2-3-10)7-15(23-24)17(18,19)20)16(26)22-13-5-4-12(25(27)28)6-11(13)8-21/h4-7,9-10H,2-3H2,1H3,(H,22,26). The molecule has 1 saturated carbocycles. The topological polar surface area (TPSA) is 114 Å². The Balaban J connectivity index is 1.87. The molecular formula is C17H14F3N5O3. The summed E-state index contributed by atoms with van der Waals surface area (Å²) in [5.74, 6) is -0.767. The fourth-order valence-electron chi connectivity index (χ4n) is 2.74. The van der Waals surface area contributed by atoms with Crippen LogP contribution in [0.2, 0.25) is 0 Å². The van der Waals surface area contributed by atoms with Crippen LogP contribution in [0.15, 0.2) is 24.3 Å². The minimum atomic E-state index is -4.63. The van der Waals surface area contributed by atoms with Crippen molar-refractivity contribution in [2.24, 2.45) is 0 Å². The van der Waals surface area contributed by atoms with E-state index in [1.54, 1.807) is 6.07 Å². The molecule has 8 nitrogen and oxygen atoms in total. The van der Waals surface area contributed by atoms with Crippen LogP contribution < -0.4 is 5.32 Å². The lowest BCUT2D eigenvalue weighted by Gasteiger charge is -2.16. The van der Waals surface area contributed by atoms with Crippen molar-refractivity contribution in [1.29, 1.82) is 5.26 Å². The second-order valence-electron chi connectivity index (χ2n) is 6.44. The lowest BCUT2D eigenvalue weighted by atomic mass is 10.1. The zero-order valence-electron chi connectivity index (χ0n) is 14.5. The summed E-state index contributed by atoms with van der Waals surface area (Å²) < 4.78 is 40.1. The monoisotopic (exact) mass is 393 g/mol.